The highest BCUT2D eigenvalue weighted by atomic mass is 127. The summed E-state index contributed by atoms with van der Waals surface area (Å²) >= 11 is 5.59. The lowest BCUT2D eigenvalue weighted by Gasteiger charge is -2.12. The van der Waals surface area contributed by atoms with E-state index in [-0.39, 0.29) is 23.8 Å². The van der Waals surface area contributed by atoms with Crippen LogP contribution in [0.1, 0.15) is 28.4 Å². The van der Waals surface area contributed by atoms with Crippen LogP contribution in [-0.2, 0) is 11.4 Å². The van der Waals surface area contributed by atoms with Gasteiger partial charge in [-0.1, -0.05) is 12.1 Å². The Morgan fingerprint density at radius 3 is 2.45 bits per heavy atom. The summed E-state index contributed by atoms with van der Waals surface area (Å²) in [7, 11) is 0. The highest BCUT2D eigenvalue weighted by molar-refractivity contribution is 14.1. The topological polar surface area (TPSA) is 122 Å². The van der Waals surface area contributed by atoms with E-state index < -0.39 is 10.9 Å². The Kier molecular flexibility index (Phi) is 9.04. The number of carboxylic acid groups (broad SMARTS) is 1. The molecular weight excluding hydrogens is 736 g/mol. The molecule has 1 aliphatic rings. The maximum Gasteiger partial charge on any atom is 0.335 e. The lowest BCUT2D eigenvalue weighted by atomic mass is 10.2. The molecule has 38 heavy (non-hydrogen) atoms. The van der Waals surface area contributed by atoms with Crippen molar-refractivity contribution >= 4 is 91.4 Å². The van der Waals surface area contributed by atoms with Crippen LogP contribution >= 0.6 is 56.9 Å². The normalized spacial score (nSPS) is 15.3. The van der Waals surface area contributed by atoms with Crippen LogP contribution in [0.3, 0.4) is 0 Å². The molecule has 1 amide bonds. The predicted molar refractivity (Wildman–Crippen MR) is 163 cm³/mol. The first-order chi connectivity index (χ1) is 18.2. The van der Waals surface area contributed by atoms with Gasteiger partial charge in [-0.05, 0) is 117 Å². The third-order valence-electron chi connectivity index (χ3n) is 5.37. The van der Waals surface area contributed by atoms with Crippen LogP contribution in [0, 0.1) is 17.3 Å². The molecule has 0 spiro atoms. The summed E-state index contributed by atoms with van der Waals surface area (Å²) in [6.07, 6.45) is 1.81. The number of likely N-dealkylation sites (N-methyl/N-ethyl adjacent to an activating group) is 1. The molecule has 0 aromatic heterocycles. The first kappa shape index (κ1) is 28.0. The van der Waals surface area contributed by atoms with Gasteiger partial charge in [0, 0.05) is 18.7 Å². The Morgan fingerprint density at radius 1 is 1.16 bits per heavy atom. The number of hydrogen-bond acceptors (Lipinski definition) is 7. The lowest BCUT2D eigenvalue weighted by molar-refractivity contribution is -0.384. The van der Waals surface area contributed by atoms with Gasteiger partial charge < -0.3 is 9.84 Å². The minimum atomic E-state index is -1.01. The highest BCUT2D eigenvalue weighted by Crippen LogP contribution is 2.36. The van der Waals surface area contributed by atoms with Crippen LogP contribution in [0.5, 0.6) is 5.75 Å². The minimum absolute atomic E-state index is 0.0116. The number of amidine groups is 1. The van der Waals surface area contributed by atoms with E-state index in [4.69, 9.17) is 9.84 Å². The molecule has 0 radical (unpaired) electrons. The number of non-ortho nitro benzene ring substituents is 1. The summed E-state index contributed by atoms with van der Waals surface area (Å²) in [6, 6.07) is 16.3. The fraction of sp³-hybridized carbons (Fsp3) is 0.115. The summed E-state index contributed by atoms with van der Waals surface area (Å²) in [6.45, 7) is 2.49. The molecular formula is C26H19I2N3O6S. The van der Waals surface area contributed by atoms with Crippen LogP contribution in [-0.4, -0.2) is 38.5 Å². The molecule has 1 fully saturated rings. The van der Waals surface area contributed by atoms with Gasteiger partial charge >= 0.3 is 5.97 Å². The van der Waals surface area contributed by atoms with E-state index in [9.17, 15) is 19.7 Å². The second-order valence-electron chi connectivity index (χ2n) is 7.94. The Labute approximate surface area is 249 Å². The lowest BCUT2D eigenvalue weighted by Crippen LogP contribution is -2.28. The monoisotopic (exact) mass is 755 g/mol. The second kappa shape index (κ2) is 12.3. The molecule has 194 valence electrons. The Hall–Kier alpha value is -2.98. The van der Waals surface area contributed by atoms with Gasteiger partial charge in [-0.2, -0.15) is 0 Å². The molecule has 4 rings (SSSR count). The number of nitrogens with zero attached hydrogens (tertiary/aromatic N) is 3. The number of benzene rings is 3. The molecule has 1 N–H and O–H groups in total. The number of carbonyl (C=O) groups excluding carboxylic acids is 1. The van der Waals surface area contributed by atoms with E-state index in [2.05, 4.69) is 50.2 Å². The summed E-state index contributed by atoms with van der Waals surface area (Å²) in [5, 5.41) is 20.6. The van der Waals surface area contributed by atoms with Crippen molar-refractivity contribution in [1.82, 2.24) is 4.90 Å². The summed E-state index contributed by atoms with van der Waals surface area (Å²) in [4.78, 5) is 41.4. The van der Waals surface area contributed by atoms with Gasteiger partial charge in [0.15, 0.2) is 5.17 Å². The Bertz CT molecular complexity index is 1470. The second-order valence-corrected chi connectivity index (χ2v) is 11.3. The number of carboxylic acids is 1. The smallest absolute Gasteiger partial charge is 0.335 e. The SMILES string of the molecule is CCN1C(=O)/C(=C/c2cc(I)c(OCc3cccc([N+](=O)[O-])c3)c(I)c2)SC1=Nc1ccc(C(=O)O)cc1. The average molecular weight is 755 g/mol. The van der Waals surface area contributed by atoms with Gasteiger partial charge in [0.05, 0.1) is 28.2 Å². The number of aromatic carboxylic acids is 1. The van der Waals surface area contributed by atoms with Crippen molar-refractivity contribution < 1.29 is 24.4 Å². The fourth-order valence-electron chi connectivity index (χ4n) is 3.53. The van der Waals surface area contributed by atoms with E-state index in [0.29, 0.717) is 33.6 Å². The van der Waals surface area contributed by atoms with E-state index in [1.807, 2.05) is 19.1 Å². The van der Waals surface area contributed by atoms with Gasteiger partial charge in [-0.3, -0.25) is 19.8 Å². The molecule has 0 atom stereocenters. The van der Waals surface area contributed by atoms with Crippen molar-refractivity contribution in [2.75, 3.05) is 6.54 Å². The first-order valence-electron chi connectivity index (χ1n) is 11.1. The minimum Gasteiger partial charge on any atom is -0.487 e. The molecule has 3 aromatic rings. The van der Waals surface area contributed by atoms with Gasteiger partial charge in [0.2, 0.25) is 0 Å². The summed E-state index contributed by atoms with van der Waals surface area (Å²) < 4.78 is 7.65. The van der Waals surface area contributed by atoms with Crippen molar-refractivity contribution in [3.8, 4) is 5.75 Å². The van der Waals surface area contributed by atoms with E-state index in [1.54, 1.807) is 35.2 Å². The third-order valence-corrected chi connectivity index (χ3v) is 7.98. The largest absolute Gasteiger partial charge is 0.487 e. The number of nitro groups is 1. The fourth-order valence-corrected chi connectivity index (χ4v) is 6.72. The number of rotatable bonds is 8. The van der Waals surface area contributed by atoms with Crippen LogP contribution < -0.4 is 4.74 Å². The highest BCUT2D eigenvalue weighted by Gasteiger charge is 2.32. The number of thioether (sulfide) groups is 1. The van der Waals surface area contributed by atoms with Crippen molar-refractivity contribution in [2.24, 2.45) is 4.99 Å². The van der Waals surface area contributed by atoms with E-state index in [1.165, 1.54) is 36.0 Å². The van der Waals surface area contributed by atoms with Gasteiger partial charge in [-0.15, -0.1) is 0 Å². The van der Waals surface area contributed by atoms with Crippen LogP contribution in [0.15, 0.2) is 70.6 Å². The molecule has 1 aliphatic heterocycles. The standard InChI is InChI=1S/C26H19I2N3O6S/c1-2-30-24(32)22(38-26(30)29-18-8-6-17(7-9-18)25(33)34)13-16-11-20(27)23(21(28)12-16)37-14-15-4-3-5-19(10-15)31(35)36/h3-13H,2,14H2,1H3,(H,33,34)/b22-13-,29-26?. The molecule has 0 saturated carbocycles. The van der Waals surface area contributed by atoms with Crippen molar-refractivity contribution in [2.45, 2.75) is 13.5 Å². The zero-order chi connectivity index (χ0) is 27.4. The molecule has 12 heteroatoms. The maximum absolute atomic E-state index is 13.1. The van der Waals surface area contributed by atoms with Crippen LogP contribution in [0.4, 0.5) is 11.4 Å². The van der Waals surface area contributed by atoms with Crippen molar-refractivity contribution in [3.05, 3.63) is 99.5 Å². The number of carbonyl (C=O) groups is 2. The van der Waals surface area contributed by atoms with Gasteiger partial charge in [0.25, 0.3) is 11.6 Å². The average Bonchev–Trinajstić information content (AvgIpc) is 3.17. The maximum atomic E-state index is 13.1. The number of halogens is 2. The molecule has 9 nitrogen and oxygen atoms in total. The van der Waals surface area contributed by atoms with Gasteiger partial charge in [0.1, 0.15) is 12.4 Å². The first-order valence-corrected chi connectivity index (χ1v) is 14.1. The molecule has 3 aromatic carbocycles. The zero-order valence-corrected chi connectivity index (χ0v) is 24.9. The number of ether oxygens (including phenoxy) is 1. The number of amides is 1. The quantitative estimate of drug-likeness (QED) is 0.118. The van der Waals surface area contributed by atoms with E-state index >= 15 is 0 Å². The molecule has 0 bridgehead atoms. The molecule has 0 unspecified atom stereocenters. The number of hydrogen-bond donors (Lipinski definition) is 1. The van der Waals surface area contributed by atoms with Crippen molar-refractivity contribution in [1.29, 1.82) is 0 Å². The third kappa shape index (κ3) is 6.53. The molecule has 0 aliphatic carbocycles. The summed E-state index contributed by atoms with van der Waals surface area (Å²) in [5.41, 5.74) is 2.24. The predicted octanol–water partition coefficient (Wildman–Crippen LogP) is 6.71. The Morgan fingerprint density at radius 2 is 1.84 bits per heavy atom. The molecule has 1 saturated heterocycles. The zero-order valence-electron chi connectivity index (χ0n) is 19.8. The molecule has 1 heterocycles. The van der Waals surface area contributed by atoms with Crippen molar-refractivity contribution in [3.63, 3.8) is 0 Å². The van der Waals surface area contributed by atoms with Gasteiger partial charge in [-0.25, -0.2) is 9.79 Å². The summed E-state index contributed by atoms with van der Waals surface area (Å²) in [5.74, 6) is -0.512. The number of nitro benzene ring substituents is 1. The number of aliphatic imine (C=N–C) groups is 1. The van der Waals surface area contributed by atoms with Crippen LogP contribution in [0.2, 0.25) is 0 Å². The van der Waals surface area contributed by atoms with Crippen LogP contribution in [0.25, 0.3) is 6.08 Å². The Balaban J connectivity index is 1.54. The van der Waals surface area contributed by atoms with E-state index in [0.717, 1.165) is 12.7 Å².